The Balaban J connectivity index is 0.00000605. The van der Waals surface area contributed by atoms with Gasteiger partial charge < -0.3 is 18.4 Å². The summed E-state index contributed by atoms with van der Waals surface area (Å²) in [6.45, 7) is 20.5. The Morgan fingerprint density at radius 2 is 0.988 bits per heavy atom. The van der Waals surface area contributed by atoms with Crippen LogP contribution in [-0.2, 0) is 37.3 Å². The van der Waals surface area contributed by atoms with Crippen LogP contribution in [0.3, 0.4) is 0 Å². The summed E-state index contributed by atoms with van der Waals surface area (Å²) in [5.74, 6) is 1.95. The molecule has 0 radical (unpaired) electrons. The Labute approximate surface area is 481 Å². The van der Waals surface area contributed by atoms with Crippen molar-refractivity contribution in [2.24, 2.45) is 0 Å². The van der Waals surface area contributed by atoms with E-state index >= 15 is 0 Å². The number of hydrogen-bond acceptors (Lipinski definition) is 2. The number of fused-ring (bicyclic) bond motifs is 10. The van der Waals surface area contributed by atoms with Gasteiger partial charge in [0.1, 0.15) is 17.2 Å². The molecular formula is C72H60N6OPt+2. The van der Waals surface area contributed by atoms with E-state index in [4.69, 9.17) is 9.72 Å². The van der Waals surface area contributed by atoms with Crippen LogP contribution in [0.5, 0.6) is 11.5 Å². The number of hydrogen-bond donors (Lipinski definition) is 0. The number of benzene rings is 9. The second-order valence-electron chi connectivity index (χ2n) is 24.2. The van der Waals surface area contributed by atoms with E-state index in [0.29, 0.717) is 11.5 Å². The van der Waals surface area contributed by atoms with Crippen molar-refractivity contribution in [2.75, 3.05) is 0 Å². The van der Waals surface area contributed by atoms with Gasteiger partial charge in [-0.2, -0.15) is 12.1 Å². The van der Waals surface area contributed by atoms with Gasteiger partial charge in [0.25, 0.3) is 5.69 Å². The molecule has 392 valence electrons. The number of ether oxygens (including phenoxy) is 1. The Kier molecular flexibility index (Phi) is 11.9. The summed E-state index contributed by atoms with van der Waals surface area (Å²) < 4.78 is 18.3. The van der Waals surface area contributed by atoms with Gasteiger partial charge in [0.2, 0.25) is 5.69 Å². The zero-order chi connectivity index (χ0) is 54.1. The predicted molar refractivity (Wildman–Crippen MR) is 328 cm³/mol. The van der Waals surface area contributed by atoms with Crippen LogP contribution < -0.4 is 13.9 Å². The van der Waals surface area contributed by atoms with Gasteiger partial charge in [0.05, 0.1) is 22.1 Å². The van der Waals surface area contributed by atoms with Gasteiger partial charge in [-0.25, -0.2) is 4.98 Å². The molecule has 4 aromatic heterocycles. The van der Waals surface area contributed by atoms with Gasteiger partial charge in [0.15, 0.2) is 0 Å². The van der Waals surface area contributed by atoms with Crippen molar-refractivity contribution in [3.63, 3.8) is 0 Å². The van der Waals surface area contributed by atoms with Crippen LogP contribution in [0.4, 0.5) is 22.7 Å². The van der Waals surface area contributed by atoms with Crippen LogP contribution in [0.1, 0.15) is 79.0 Å². The first kappa shape index (κ1) is 50.9. The van der Waals surface area contributed by atoms with E-state index in [2.05, 4.69) is 279 Å². The van der Waals surface area contributed by atoms with Crippen molar-refractivity contribution < 1.29 is 25.8 Å². The molecule has 5 heterocycles. The average molecular weight is 1220 g/mol. The Hall–Kier alpha value is -8.60. The van der Waals surface area contributed by atoms with Gasteiger partial charge in [-0.05, 0) is 104 Å². The second-order valence-corrected chi connectivity index (χ2v) is 24.2. The van der Waals surface area contributed by atoms with Gasteiger partial charge in [-0.3, -0.25) is 0 Å². The summed E-state index contributed by atoms with van der Waals surface area (Å²) >= 11 is 0. The fraction of sp³-hybridized carbons (Fsp3) is 0.167. The van der Waals surface area contributed by atoms with E-state index in [-0.39, 0.29) is 37.3 Å². The average Bonchev–Trinajstić information content (AvgIpc) is 3.81. The van der Waals surface area contributed by atoms with Gasteiger partial charge in [0, 0.05) is 68.6 Å². The molecule has 0 unspecified atom stereocenters. The molecule has 1 aliphatic heterocycles. The molecule has 0 saturated carbocycles. The molecule has 0 saturated heterocycles. The summed E-state index contributed by atoms with van der Waals surface area (Å²) in [6.07, 6.45) is 1.92. The van der Waals surface area contributed by atoms with E-state index in [1.54, 1.807) is 0 Å². The minimum Gasteiger partial charge on any atom is -0.509 e. The Bertz CT molecular complexity index is 4610. The maximum Gasteiger partial charge on any atom is 2.00 e. The third kappa shape index (κ3) is 8.33. The summed E-state index contributed by atoms with van der Waals surface area (Å²) in [7, 11) is 0. The normalized spacial score (nSPS) is 12.9. The second kappa shape index (κ2) is 18.8. The summed E-state index contributed by atoms with van der Waals surface area (Å²) in [5.41, 5.74) is 16.0. The Morgan fingerprint density at radius 1 is 0.438 bits per heavy atom. The number of aromatic nitrogens is 4. The molecule has 1 aliphatic rings. The molecule has 0 fully saturated rings. The predicted octanol–water partition coefficient (Wildman–Crippen LogP) is 18.5. The summed E-state index contributed by atoms with van der Waals surface area (Å²) in [6, 6.07) is 81.1. The largest absolute Gasteiger partial charge is 2.00 e. The molecule has 0 spiro atoms. The third-order valence-electron chi connectivity index (χ3n) is 15.9. The van der Waals surface area contributed by atoms with Crippen molar-refractivity contribution in [3.05, 3.63) is 229 Å². The zero-order valence-corrected chi connectivity index (χ0v) is 48.7. The van der Waals surface area contributed by atoms with E-state index in [0.717, 1.165) is 72.8 Å². The smallest absolute Gasteiger partial charge is 0.509 e. The maximum atomic E-state index is 6.89. The molecule has 0 atom stereocenters. The van der Waals surface area contributed by atoms with Crippen molar-refractivity contribution in [1.29, 1.82) is 0 Å². The molecule has 0 bridgehead atoms. The first-order valence-electron chi connectivity index (χ1n) is 27.4. The fourth-order valence-electron chi connectivity index (χ4n) is 11.8. The molecule has 13 aromatic rings. The SMILES string of the molecule is CC(C)(C)c1cc([N+]2=C=[N+](c3[c-]c(Oc4[c-]c5c(cc4)c4cc(-n6c7ccccc7c7ccccc76)ccc4n5-c4cc(C(C)(C)C)ccn4)ccc3)c3cccc(-n4c5ccccc5c5ccccc54)c32)cc(C(C)(C)C)c1.[Pt+2]. The number of pyridine rings is 1. The number of rotatable bonds is 7. The van der Waals surface area contributed by atoms with Crippen molar-refractivity contribution in [1.82, 2.24) is 27.8 Å². The van der Waals surface area contributed by atoms with E-state index < -0.39 is 0 Å². The molecule has 9 aromatic carbocycles. The third-order valence-corrected chi connectivity index (χ3v) is 15.9. The topological polar surface area (TPSA) is 42.9 Å². The standard InChI is InChI=1S/C72H60N6O.Pt/c1-70(2,3)46-36-37-73-68(41-46)78-64-35-32-50(76-60-26-14-10-22-54(60)55-23-11-15-27-61(55)76)43-59(64)58-34-33-53(44-67(58)78)79-52-21-18-20-49(42-52)74-45-75(51-39-47(71(4,5)6)38-48(40-51)72(7,8)9)69-65(74)30-19-31-66(69)77-62-28-16-12-24-56(62)57-25-13-17-29-63(57)77;/h10-41,43H,1-9H3;/q;+2. The van der Waals surface area contributed by atoms with Crippen LogP contribution in [0, 0.1) is 12.1 Å². The van der Waals surface area contributed by atoms with Crippen LogP contribution in [0.15, 0.2) is 200 Å². The van der Waals surface area contributed by atoms with E-state index in [1.807, 2.05) is 24.4 Å². The molecule has 14 rings (SSSR count). The summed E-state index contributed by atoms with van der Waals surface area (Å²) in [4.78, 5) is 5.02. The van der Waals surface area contributed by atoms with Crippen molar-refractivity contribution in [3.8, 4) is 28.7 Å². The van der Waals surface area contributed by atoms with Crippen LogP contribution >= 0.6 is 0 Å². The molecule has 80 heavy (non-hydrogen) atoms. The first-order chi connectivity index (χ1) is 38.1. The quantitative estimate of drug-likeness (QED) is 0.118. The molecule has 0 aliphatic carbocycles. The molecule has 8 heteroatoms. The minimum absolute atomic E-state index is 0. The molecule has 7 nitrogen and oxygen atoms in total. The maximum absolute atomic E-state index is 6.89. The van der Waals surface area contributed by atoms with E-state index in [9.17, 15) is 0 Å². The molecule has 0 N–H and O–H groups in total. The van der Waals surface area contributed by atoms with E-state index in [1.165, 1.54) is 49.3 Å². The van der Waals surface area contributed by atoms with Gasteiger partial charge in [-0.1, -0.05) is 169 Å². The van der Waals surface area contributed by atoms with Crippen molar-refractivity contribution in [2.45, 2.75) is 78.6 Å². The minimum atomic E-state index is -0.0954. The Morgan fingerprint density at radius 3 is 1.59 bits per heavy atom. The summed E-state index contributed by atoms with van der Waals surface area (Å²) in [5, 5.41) is 7.02. The van der Waals surface area contributed by atoms with Crippen molar-refractivity contribution >= 4 is 94.2 Å². The van der Waals surface area contributed by atoms with Crippen LogP contribution in [0.25, 0.3) is 82.6 Å². The molecule has 0 amide bonds. The first-order valence-corrected chi connectivity index (χ1v) is 27.4. The van der Waals surface area contributed by atoms with Gasteiger partial charge >= 0.3 is 32.8 Å². The number of nitrogens with zero attached hydrogens (tertiary/aromatic N) is 6. The zero-order valence-electron chi connectivity index (χ0n) is 46.5. The number of para-hydroxylation sites is 5. The van der Waals surface area contributed by atoms with Gasteiger partial charge in [-0.15, -0.1) is 23.6 Å². The molecular weight excluding hydrogens is 1160 g/mol. The van der Waals surface area contributed by atoms with Crippen LogP contribution in [-0.4, -0.2) is 24.7 Å². The monoisotopic (exact) mass is 1220 g/mol. The fourth-order valence-corrected chi connectivity index (χ4v) is 11.8. The van der Waals surface area contributed by atoms with Crippen LogP contribution in [0.2, 0.25) is 0 Å².